The Balaban J connectivity index is 1.37. The summed E-state index contributed by atoms with van der Waals surface area (Å²) in [5.74, 6) is 0.296. The molecule has 0 saturated carbocycles. The van der Waals surface area contributed by atoms with E-state index in [9.17, 15) is 13.9 Å². The summed E-state index contributed by atoms with van der Waals surface area (Å²) in [6.45, 7) is 2.49. The van der Waals surface area contributed by atoms with Gasteiger partial charge in [-0.25, -0.2) is 8.78 Å². The van der Waals surface area contributed by atoms with Gasteiger partial charge in [0, 0.05) is 31.2 Å². The zero-order chi connectivity index (χ0) is 19.5. The fraction of sp³-hybridized carbons (Fsp3) is 0.286. The Morgan fingerprint density at radius 1 is 1.25 bits per heavy atom. The van der Waals surface area contributed by atoms with E-state index < -0.39 is 6.17 Å². The molecule has 1 fully saturated rings. The van der Waals surface area contributed by atoms with E-state index in [1.165, 1.54) is 12.1 Å². The van der Waals surface area contributed by atoms with Crippen LogP contribution in [-0.2, 0) is 0 Å². The minimum Gasteiger partial charge on any atom is -0.494 e. The molecule has 1 aliphatic rings. The van der Waals surface area contributed by atoms with Crippen molar-refractivity contribution in [2.24, 2.45) is 4.99 Å². The minimum atomic E-state index is -0.715. The average Bonchev–Trinajstić information content (AvgIpc) is 3.23. The molecule has 3 aromatic rings. The summed E-state index contributed by atoms with van der Waals surface area (Å²) in [5.41, 5.74) is 1.72. The van der Waals surface area contributed by atoms with E-state index in [4.69, 9.17) is 4.74 Å². The second kappa shape index (κ2) is 7.98. The Bertz CT molecular complexity index is 985. The fourth-order valence-electron chi connectivity index (χ4n) is 3.36. The quantitative estimate of drug-likeness (QED) is 0.626. The van der Waals surface area contributed by atoms with E-state index in [2.05, 4.69) is 14.9 Å². The summed E-state index contributed by atoms with van der Waals surface area (Å²) in [6, 6.07) is 11.5. The average molecular weight is 385 g/mol. The summed E-state index contributed by atoms with van der Waals surface area (Å²) in [7, 11) is 0. The lowest BCUT2D eigenvalue weighted by Gasteiger charge is -2.14. The van der Waals surface area contributed by atoms with Gasteiger partial charge in [-0.05, 0) is 48.9 Å². The van der Waals surface area contributed by atoms with Gasteiger partial charge in [0.2, 0.25) is 0 Å². The fourth-order valence-corrected chi connectivity index (χ4v) is 3.36. The highest BCUT2D eigenvalue weighted by Crippen LogP contribution is 2.27. The summed E-state index contributed by atoms with van der Waals surface area (Å²) < 4.78 is 32.1. The lowest BCUT2D eigenvalue weighted by molar-refractivity contribution is 0.224. The highest BCUT2D eigenvalue weighted by atomic mass is 19.1. The van der Waals surface area contributed by atoms with Crippen molar-refractivity contribution in [3.05, 3.63) is 53.8 Å². The van der Waals surface area contributed by atoms with Gasteiger partial charge in [-0.15, -0.1) is 0 Å². The minimum absolute atomic E-state index is 0.0539. The lowest BCUT2D eigenvalue weighted by Crippen LogP contribution is -2.26. The zero-order valence-corrected chi connectivity index (χ0v) is 15.2. The number of hydrogen-bond donors (Lipinski definition) is 2. The van der Waals surface area contributed by atoms with E-state index in [0.717, 1.165) is 12.3 Å². The Labute approximate surface area is 161 Å². The summed E-state index contributed by atoms with van der Waals surface area (Å²) in [4.78, 5) is 9.17. The van der Waals surface area contributed by atoms with E-state index >= 15 is 0 Å². The second-order valence-electron chi connectivity index (χ2n) is 6.86. The Morgan fingerprint density at radius 3 is 2.82 bits per heavy atom. The molecule has 1 atom stereocenters. The number of hydrogen-bond acceptors (Lipinski definition) is 4. The van der Waals surface area contributed by atoms with Crippen LogP contribution in [0.3, 0.4) is 0 Å². The molecular weight excluding hydrogens is 364 g/mol. The van der Waals surface area contributed by atoms with Gasteiger partial charge in [0.25, 0.3) is 0 Å². The molecular formula is C21H21F2N3O2. The number of aromatic hydroxyl groups is 1. The maximum atomic E-state index is 13.3. The maximum absolute atomic E-state index is 13.3. The van der Waals surface area contributed by atoms with Crippen molar-refractivity contribution in [2.75, 3.05) is 26.2 Å². The third-order valence-electron chi connectivity index (χ3n) is 4.85. The van der Waals surface area contributed by atoms with Crippen LogP contribution in [0.2, 0.25) is 0 Å². The van der Waals surface area contributed by atoms with Crippen LogP contribution in [0.15, 0.2) is 47.5 Å². The van der Waals surface area contributed by atoms with Gasteiger partial charge in [-0.1, -0.05) is 0 Å². The number of halogens is 2. The number of rotatable bonds is 6. The molecule has 0 radical (unpaired) electrons. The topological polar surface area (TPSA) is 60.9 Å². The number of benzene rings is 2. The first-order chi connectivity index (χ1) is 13.6. The molecule has 2 N–H and O–H groups in total. The van der Waals surface area contributed by atoms with Crippen LogP contribution in [0.4, 0.5) is 14.5 Å². The summed E-state index contributed by atoms with van der Waals surface area (Å²) in [6.07, 6.45) is 1.43. The highest BCUT2D eigenvalue weighted by molar-refractivity contribution is 6.02. The van der Waals surface area contributed by atoms with Gasteiger partial charge in [-0.2, -0.15) is 0 Å². The van der Waals surface area contributed by atoms with Crippen molar-refractivity contribution >= 4 is 22.8 Å². The van der Waals surface area contributed by atoms with Gasteiger partial charge in [0.05, 0.1) is 16.8 Å². The molecule has 1 saturated heterocycles. The molecule has 2 heterocycles. The van der Waals surface area contributed by atoms with Gasteiger partial charge >= 0.3 is 0 Å². The van der Waals surface area contributed by atoms with E-state index in [-0.39, 0.29) is 11.7 Å². The Morgan fingerprint density at radius 2 is 2.07 bits per heavy atom. The molecule has 146 valence electrons. The van der Waals surface area contributed by atoms with Crippen LogP contribution in [0.1, 0.15) is 12.0 Å². The standard InChI is InChI=1S/C21H21F2N3O2/c22-14-1-6-18-19(21(27)25-20(18)11-14)12-24-16-2-4-17(5-3-16)28-10-9-26-8-7-15(23)13-26/h1-6,11-12,15,25,27H,7-10,13H2. The van der Waals surface area contributed by atoms with Crippen molar-refractivity contribution < 1.29 is 18.6 Å². The molecule has 0 spiro atoms. The highest BCUT2D eigenvalue weighted by Gasteiger charge is 2.21. The van der Waals surface area contributed by atoms with Crippen LogP contribution in [0.5, 0.6) is 11.6 Å². The third kappa shape index (κ3) is 4.14. The van der Waals surface area contributed by atoms with Gasteiger partial charge < -0.3 is 14.8 Å². The molecule has 28 heavy (non-hydrogen) atoms. The molecule has 1 aromatic heterocycles. The van der Waals surface area contributed by atoms with E-state index in [1.807, 2.05) is 24.3 Å². The number of H-pyrrole nitrogens is 1. The predicted molar refractivity (Wildman–Crippen MR) is 105 cm³/mol. The van der Waals surface area contributed by atoms with Gasteiger partial charge in [-0.3, -0.25) is 9.89 Å². The molecule has 1 aliphatic heterocycles. The Kier molecular flexibility index (Phi) is 5.25. The molecule has 5 nitrogen and oxygen atoms in total. The number of alkyl halides is 1. The molecule has 4 rings (SSSR count). The number of nitrogens with one attached hydrogen (secondary N) is 1. The van der Waals surface area contributed by atoms with E-state index in [1.54, 1.807) is 12.3 Å². The molecule has 0 bridgehead atoms. The predicted octanol–water partition coefficient (Wildman–Crippen LogP) is 4.19. The van der Waals surface area contributed by atoms with Crippen LogP contribution >= 0.6 is 0 Å². The SMILES string of the molecule is Oc1[nH]c2cc(F)ccc2c1C=Nc1ccc(OCCN2CCC(F)C2)cc1. The summed E-state index contributed by atoms with van der Waals surface area (Å²) in [5, 5.41) is 10.7. The monoisotopic (exact) mass is 385 g/mol. The maximum Gasteiger partial charge on any atom is 0.198 e. The van der Waals surface area contributed by atoms with Crippen LogP contribution in [0.25, 0.3) is 10.9 Å². The first-order valence-electron chi connectivity index (χ1n) is 9.22. The number of likely N-dealkylation sites (tertiary alicyclic amines) is 1. The molecule has 2 aromatic carbocycles. The van der Waals surface area contributed by atoms with Crippen LogP contribution < -0.4 is 4.74 Å². The number of aromatic nitrogens is 1. The lowest BCUT2D eigenvalue weighted by atomic mass is 10.2. The zero-order valence-electron chi connectivity index (χ0n) is 15.2. The second-order valence-corrected chi connectivity index (χ2v) is 6.86. The Hall–Kier alpha value is -2.93. The largest absolute Gasteiger partial charge is 0.494 e. The van der Waals surface area contributed by atoms with Crippen molar-refractivity contribution in [3.63, 3.8) is 0 Å². The molecule has 0 amide bonds. The van der Waals surface area contributed by atoms with Crippen molar-refractivity contribution in [1.29, 1.82) is 0 Å². The third-order valence-corrected chi connectivity index (χ3v) is 4.85. The van der Waals surface area contributed by atoms with Crippen molar-refractivity contribution in [3.8, 4) is 11.6 Å². The normalized spacial score (nSPS) is 17.7. The first kappa shape index (κ1) is 18.4. The number of fused-ring (bicyclic) bond motifs is 1. The number of ether oxygens (including phenoxy) is 1. The molecule has 1 unspecified atom stereocenters. The van der Waals surface area contributed by atoms with Gasteiger partial charge in [0.15, 0.2) is 5.88 Å². The number of aromatic amines is 1. The molecule has 7 heteroatoms. The van der Waals surface area contributed by atoms with E-state index in [0.29, 0.717) is 48.3 Å². The van der Waals surface area contributed by atoms with Gasteiger partial charge in [0.1, 0.15) is 24.3 Å². The molecule has 0 aliphatic carbocycles. The number of aliphatic imine (C=N–C) groups is 1. The van der Waals surface area contributed by atoms with Crippen molar-refractivity contribution in [2.45, 2.75) is 12.6 Å². The van der Waals surface area contributed by atoms with Crippen LogP contribution in [-0.4, -0.2) is 53.6 Å². The summed E-state index contributed by atoms with van der Waals surface area (Å²) >= 11 is 0. The first-order valence-corrected chi connectivity index (χ1v) is 9.22. The van der Waals surface area contributed by atoms with Crippen LogP contribution in [0, 0.1) is 5.82 Å². The smallest absolute Gasteiger partial charge is 0.198 e. The van der Waals surface area contributed by atoms with Crippen molar-refractivity contribution in [1.82, 2.24) is 9.88 Å². The number of nitrogens with zero attached hydrogens (tertiary/aromatic N) is 2.